The minimum atomic E-state index is -0.816. The minimum absolute atomic E-state index is 0.0847. The summed E-state index contributed by atoms with van der Waals surface area (Å²) in [5.41, 5.74) is 0.0150. The van der Waals surface area contributed by atoms with Gasteiger partial charge < -0.3 is 19.5 Å². The summed E-state index contributed by atoms with van der Waals surface area (Å²) in [6.07, 6.45) is 3.39. The van der Waals surface area contributed by atoms with Gasteiger partial charge in [-0.25, -0.2) is 4.79 Å². The van der Waals surface area contributed by atoms with Crippen molar-refractivity contribution in [2.45, 2.75) is 72.0 Å². The summed E-state index contributed by atoms with van der Waals surface area (Å²) in [5.74, 6) is 0.244. The van der Waals surface area contributed by atoms with Crippen LogP contribution in [0.25, 0.3) is 0 Å². The Bertz CT molecular complexity index is 684. The van der Waals surface area contributed by atoms with E-state index in [1.54, 1.807) is 25.1 Å². The number of benzene rings is 1. The van der Waals surface area contributed by atoms with Crippen molar-refractivity contribution in [3.05, 3.63) is 23.8 Å². The summed E-state index contributed by atoms with van der Waals surface area (Å²) in [7, 11) is 0. The van der Waals surface area contributed by atoms with E-state index in [2.05, 4.69) is 12.2 Å². The highest BCUT2D eigenvalue weighted by atomic mass is 16.5. The Kier molecular flexibility index (Phi) is 7.87. The average Bonchev–Trinajstić information content (AvgIpc) is 2.63. The number of carbonyl (C=O) groups excluding carboxylic acids is 2. The molecular weight excluding hydrogens is 358 g/mol. The summed E-state index contributed by atoms with van der Waals surface area (Å²) < 4.78 is 16.8. The van der Waals surface area contributed by atoms with Crippen LogP contribution in [0.1, 0.15) is 70.7 Å². The molecule has 0 bridgehead atoms. The maximum absolute atomic E-state index is 13.1. The number of ether oxygens (including phenoxy) is 3. The SMILES string of the molecule is CCOC(=O)c1cc(NC(=O)[C@@]2(OCC)CCC[C@H](C)C2)ccc1OC(C)C. The van der Waals surface area contributed by atoms with Gasteiger partial charge in [0.05, 0.1) is 12.7 Å². The number of rotatable bonds is 8. The van der Waals surface area contributed by atoms with Gasteiger partial charge in [0.15, 0.2) is 0 Å². The molecule has 0 aromatic heterocycles. The van der Waals surface area contributed by atoms with Crippen LogP contribution in [0.2, 0.25) is 0 Å². The van der Waals surface area contributed by atoms with Crippen LogP contribution in [0.5, 0.6) is 5.75 Å². The molecule has 2 atom stereocenters. The third-order valence-corrected chi connectivity index (χ3v) is 4.89. The first-order valence-electron chi connectivity index (χ1n) is 10.2. The second-order valence-corrected chi connectivity index (χ2v) is 7.68. The summed E-state index contributed by atoms with van der Waals surface area (Å²) >= 11 is 0. The third kappa shape index (κ3) is 5.47. The fourth-order valence-corrected chi connectivity index (χ4v) is 3.76. The first-order valence-corrected chi connectivity index (χ1v) is 10.2. The van der Waals surface area contributed by atoms with Gasteiger partial charge in [-0.15, -0.1) is 0 Å². The molecule has 0 aliphatic heterocycles. The van der Waals surface area contributed by atoms with E-state index >= 15 is 0 Å². The van der Waals surface area contributed by atoms with E-state index in [0.29, 0.717) is 42.4 Å². The molecule has 1 N–H and O–H groups in total. The van der Waals surface area contributed by atoms with E-state index in [1.807, 2.05) is 20.8 Å². The van der Waals surface area contributed by atoms with Gasteiger partial charge >= 0.3 is 5.97 Å². The van der Waals surface area contributed by atoms with Crippen LogP contribution in [0, 0.1) is 5.92 Å². The lowest BCUT2D eigenvalue weighted by molar-refractivity contribution is -0.147. The summed E-state index contributed by atoms with van der Waals surface area (Å²) in [5, 5.41) is 2.95. The van der Waals surface area contributed by atoms with Crippen LogP contribution in [0.4, 0.5) is 5.69 Å². The fourth-order valence-electron chi connectivity index (χ4n) is 3.76. The second-order valence-electron chi connectivity index (χ2n) is 7.68. The molecule has 6 nitrogen and oxygen atoms in total. The first kappa shape index (κ1) is 22.2. The maximum Gasteiger partial charge on any atom is 0.341 e. The molecule has 1 amide bonds. The summed E-state index contributed by atoms with van der Waals surface area (Å²) in [6, 6.07) is 5.04. The van der Waals surface area contributed by atoms with Crippen molar-refractivity contribution in [2.75, 3.05) is 18.5 Å². The molecule has 0 radical (unpaired) electrons. The molecule has 1 aliphatic rings. The van der Waals surface area contributed by atoms with E-state index in [0.717, 1.165) is 12.8 Å². The predicted molar refractivity (Wildman–Crippen MR) is 109 cm³/mol. The molecule has 2 rings (SSSR count). The minimum Gasteiger partial charge on any atom is -0.490 e. The van der Waals surface area contributed by atoms with Gasteiger partial charge in [0, 0.05) is 12.3 Å². The summed E-state index contributed by atoms with van der Waals surface area (Å²) in [4.78, 5) is 25.5. The van der Waals surface area contributed by atoms with Crippen molar-refractivity contribution in [3.63, 3.8) is 0 Å². The van der Waals surface area contributed by atoms with E-state index in [1.165, 1.54) is 0 Å². The van der Waals surface area contributed by atoms with E-state index < -0.39 is 11.6 Å². The standard InChI is InChI=1S/C22H33NO5/c1-6-26-20(24)18-13-17(10-11-19(18)28-15(3)4)23-21(25)22(27-7-2)12-8-9-16(5)14-22/h10-11,13,15-16H,6-9,12,14H2,1-5H3,(H,23,25)/t16-,22+/m0/s1. The molecule has 1 aliphatic carbocycles. The molecule has 1 aromatic rings. The van der Waals surface area contributed by atoms with Gasteiger partial charge in [0.1, 0.15) is 16.9 Å². The van der Waals surface area contributed by atoms with Gasteiger partial charge in [-0.05, 0) is 71.1 Å². The van der Waals surface area contributed by atoms with Gasteiger partial charge in [0.25, 0.3) is 5.91 Å². The smallest absolute Gasteiger partial charge is 0.341 e. The highest BCUT2D eigenvalue weighted by molar-refractivity contribution is 5.99. The van der Waals surface area contributed by atoms with Crippen LogP contribution in [-0.2, 0) is 14.3 Å². The normalized spacial score (nSPS) is 22.0. The fraction of sp³-hybridized carbons (Fsp3) is 0.636. The van der Waals surface area contributed by atoms with Crippen LogP contribution in [0.15, 0.2) is 18.2 Å². The number of hydrogen-bond acceptors (Lipinski definition) is 5. The Morgan fingerprint density at radius 2 is 2.00 bits per heavy atom. The third-order valence-electron chi connectivity index (χ3n) is 4.89. The monoisotopic (exact) mass is 391 g/mol. The van der Waals surface area contributed by atoms with E-state index in [-0.39, 0.29) is 18.6 Å². The number of nitrogens with one attached hydrogen (secondary N) is 1. The highest BCUT2D eigenvalue weighted by Crippen LogP contribution is 2.36. The Labute approximate surface area is 167 Å². The lowest BCUT2D eigenvalue weighted by atomic mass is 9.78. The van der Waals surface area contributed by atoms with Gasteiger partial charge in [-0.1, -0.05) is 13.3 Å². The van der Waals surface area contributed by atoms with Crippen molar-refractivity contribution >= 4 is 17.6 Å². The Hall–Kier alpha value is -2.08. The molecule has 28 heavy (non-hydrogen) atoms. The number of hydrogen-bond donors (Lipinski definition) is 1. The topological polar surface area (TPSA) is 73.9 Å². The van der Waals surface area contributed by atoms with Crippen molar-refractivity contribution < 1.29 is 23.8 Å². The van der Waals surface area contributed by atoms with Crippen molar-refractivity contribution in [1.82, 2.24) is 0 Å². The van der Waals surface area contributed by atoms with Gasteiger partial charge in [-0.3, -0.25) is 4.79 Å². The Morgan fingerprint density at radius 3 is 2.61 bits per heavy atom. The molecular formula is C22H33NO5. The first-order chi connectivity index (χ1) is 13.3. The molecule has 1 saturated carbocycles. The van der Waals surface area contributed by atoms with E-state index in [9.17, 15) is 9.59 Å². The number of amides is 1. The molecule has 0 unspecified atom stereocenters. The zero-order valence-corrected chi connectivity index (χ0v) is 17.7. The van der Waals surface area contributed by atoms with Crippen molar-refractivity contribution in [3.8, 4) is 5.75 Å². The lowest BCUT2D eigenvalue weighted by Gasteiger charge is -2.38. The maximum atomic E-state index is 13.1. The zero-order chi connectivity index (χ0) is 20.7. The zero-order valence-electron chi connectivity index (χ0n) is 17.7. The molecule has 0 heterocycles. The van der Waals surface area contributed by atoms with Gasteiger partial charge in [0.2, 0.25) is 0 Å². The van der Waals surface area contributed by atoms with Crippen molar-refractivity contribution in [1.29, 1.82) is 0 Å². The van der Waals surface area contributed by atoms with Crippen LogP contribution < -0.4 is 10.1 Å². The quantitative estimate of drug-likeness (QED) is 0.657. The van der Waals surface area contributed by atoms with Crippen LogP contribution in [0.3, 0.4) is 0 Å². The largest absolute Gasteiger partial charge is 0.490 e. The molecule has 0 spiro atoms. The number of anilines is 1. The van der Waals surface area contributed by atoms with Crippen LogP contribution in [-0.4, -0.2) is 36.8 Å². The highest BCUT2D eigenvalue weighted by Gasteiger charge is 2.42. The Morgan fingerprint density at radius 1 is 1.25 bits per heavy atom. The summed E-state index contributed by atoms with van der Waals surface area (Å²) in [6.45, 7) is 10.3. The molecule has 6 heteroatoms. The van der Waals surface area contributed by atoms with Crippen molar-refractivity contribution in [2.24, 2.45) is 5.92 Å². The molecule has 1 aromatic carbocycles. The van der Waals surface area contributed by atoms with E-state index in [4.69, 9.17) is 14.2 Å². The van der Waals surface area contributed by atoms with Gasteiger partial charge in [-0.2, -0.15) is 0 Å². The van der Waals surface area contributed by atoms with Crippen LogP contribution >= 0.6 is 0 Å². The number of esters is 1. The predicted octanol–water partition coefficient (Wildman–Crippen LogP) is 4.57. The molecule has 1 fully saturated rings. The number of carbonyl (C=O) groups is 2. The molecule has 0 saturated heterocycles. The Balaban J connectivity index is 2.27. The second kappa shape index (κ2) is 9.92. The molecule has 156 valence electrons. The average molecular weight is 392 g/mol. The lowest BCUT2D eigenvalue weighted by Crippen LogP contribution is -2.48.